The van der Waals surface area contributed by atoms with Gasteiger partial charge in [-0.3, -0.25) is 0 Å². The molecule has 0 aliphatic rings. The van der Waals surface area contributed by atoms with E-state index in [-0.39, 0.29) is 23.2 Å². The SMILES string of the molecule is CCC(C)c1cc(OC(=O)OC(C)(C)CC)c(OC(=O)OC(C)(C)CC)c(OC(=O)OC(C)(C)CC)c1. The molecule has 9 nitrogen and oxygen atoms in total. The van der Waals surface area contributed by atoms with Crippen molar-refractivity contribution < 1.29 is 42.8 Å². The third-order valence-corrected chi connectivity index (χ3v) is 6.43. The van der Waals surface area contributed by atoms with E-state index in [0.717, 1.165) is 6.42 Å². The first-order chi connectivity index (χ1) is 17.0. The second-order valence-corrected chi connectivity index (χ2v) is 10.9. The smallest absolute Gasteiger partial charge is 0.428 e. The summed E-state index contributed by atoms with van der Waals surface area (Å²) in [6.45, 7) is 19.9. The number of benzene rings is 1. The molecule has 1 rings (SSSR count). The molecule has 0 saturated carbocycles. The molecule has 1 aromatic rings. The maximum atomic E-state index is 12.7. The summed E-state index contributed by atoms with van der Waals surface area (Å²) < 4.78 is 32.7. The Morgan fingerprint density at radius 3 is 1.27 bits per heavy atom. The fourth-order valence-corrected chi connectivity index (χ4v) is 2.59. The minimum atomic E-state index is -1.05. The molecule has 37 heavy (non-hydrogen) atoms. The average molecular weight is 525 g/mol. The van der Waals surface area contributed by atoms with Gasteiger partial charge in [-0.25, -0.2) is 14.4 Å². The van der Waals surface area contributed by atoms with Crippen molar-refractivity contribution in [3.05, 3.63) is 17.7 Å². The van der Waals surface area contributed by atoms with Gasteiger partial charge < -0.3 is 28.4 Å². The van der Waals surface area contributed by atoms with Crippen LogP contribution in [0.2, 0.25) is 0 Å². The van der Waals surface area contributed by atoms with Crippen molar-refractivity contribution >= 4 is 18.5 Å². The van der Waals surface area contributed by atoms with Crippen LogP contribution < -0.4 is 14.2 Å². The predicted octanol–water partition coefficient (Wildman–Crippen LogP) is 8.31. The van der Waals surface area contributed by atoms with E-state index < -0.39 is 35.3 Å². The highest BCUT2D eigenvalue weighted by atomic mass is 16.8. The number of ether oxygens (including phenoxy) is 6. The molecule has 0 aromatic heterocycles. The standard InChI is InChI=1S/C28H44O9/c1-12-18(5)19-16-20(32-23(29)35-26(6,7)13-2)22(34-25(31)37-28(10,11)15-4)21(17-19)33-24(30)36-27(8,9)14-3/h16-18H,12-15H2,1-11H3. The number of carbonyl (C=O) groups is 3. The van der Waals surface area contributed by atoms with Crippen LogP contribution in [0.3, 0.4) is 0 Å². The summed E-state index contributed by atoms with van der Waals surface area (Å²) in [7, 11) is 0. The van der Waals surface area contributed by atoms with Gasteiger partial charge in [-0.05, 0) is 90.8 Å². The van der Waals surface area contributed by atoms with Crippen LogP contribution in [0.25, 0.3) is 0 Å². The largest absolute Gasteiger partial charge is 0.514 e. The highest BCUT2D eigenvalue weighted by Crippen LogP contribution is 2.42. The van der Waals surface area contributed by atoms with Crippen LogP contribution in [0.4, 0.5) is 14.4 Å². The minimum absolute atomic E-state index is 0.00377. The Bertz CT molecular complexity index is 894. The third kappa shape index (κ3) is 10.5. The zero-order valence-electron chi connectivity index (χ0n) is 24.2. The summed E-state index contributed by atoms with van der Waals surface area (Å²) in [5, 5.41) is 0. The lowest BCUT2D eigenvalue weighted by Crippen LogP contribution is -2.30. The molecule has 1 unspecified atom stereocenters. The molecule has 1 atom stereocenters. The van der Waals surface area contributed by atoms with Crippen molar-refractivity contribution in [1.82, 2.24) is 0 Å². The predicted molar refractivity (Wildman–Crippen MR) is 140 cm³/mol. The van der Waals surface area contributed by atoms with Crippen LogP contribution in [-0.4, -0.2) is 35.3 Å². The zero-order valence-corrected chi connectivity index (χ0v) is 24.2. The molecule has 0 spiro atoms. The normalized spacial score (nSPS) is 12.8. The van der Waals surface area contributed by atoms with Gasteiger partial charge in [0.1, 0.15) is 16.8 Å². The van der Waals surface area contributed by atoms with Gasteiger partial charge in [0.2, 0.25) is 5.75 Å². The van der Waals surface area contributed by atoms with Gasteiger partial charge in [0.25, 0.3) is 0 Å². The maximum Gasteiger partial charge on any atom is 0.514 e. The Kier molecular flexibility index (Phi) is 11.3. The Morgan fingerprint density at radius 1 is 0.649 bits per heavy atom. The Hall–Kier alpha value is -2.97. The number of hydrogen-bond acceptors (Lipinski definition) is 9. The van der Waals surface area contributed by atoms with E-state index in [1.165, 1.54) is 0 Å². The molecule has 0 amide bonds. The summed E-state index contributed by atoms with van der Waals surface area (Å²) in [4.78, 5) is 38.0. The molecule has 0 aliphatic heterocycles. The van der Waals surface area contributed by atoms with Gasteiger partial charge in [-0.1, -0.05) is 34.6 Å². The highest BCUT2D eigenvalue weighted by Gasteiger charge is 2.30. The van der Waals surface area contributed by atoms with Crippen molar-refractivity contribution in [3.63, 3.8) is 0 Å². The monoisotopic (exact) mass is 524 g/mol. The van der Waals surface area contributed by atoms with Crippen molar-refractivity contribution in [2.45, 2.75) is 125 Å². The quantitative estimate of drug-likeness (QED) is 0.160. The van der Waals surface area contributed by atoms with Crippen LogP contribution in [0.5, 0.6) is 17.2 Å². The molecular weight excluding hydrogens is 480 g/mol. The average Bonchev–Trinajstić information content (AvgIpc) is 2.79. The van der Waals surface area contributed by atoms with E-state index in [2.05, 4.69) is 0 Å². The third-order valence-electron chi connectivity index (χ3n) is 6.43. The van der Waals surface area contributed by atoms with E-state index >= 15 is 0 Å². The van der Waals surface area contributed by atoms with Crippen LogP contribution in [-0.2, 0) is 14.2 Å². The van der Waals surface area contributed by atoms with Crippen LogP contribution in [0, 0.1) is 0 Å². The van der Waals surface area contributed by atoms with Crippen LogP contribution >= 0.6 is 0 Å². The molecule has 0 bridgehead atoms. The lowest BCUT2D eigenvalue weighted by atomic mass is 9.98. The van der Waals surface area contributed by atoms with E-state index in [1.807, 2.05) is 34.6 Å². The summed E-state index contributed by atoms with van der Waals surface area (Å²) in [5.74, 6) is -0.616. The van der Waals surface area contributed by atoms with Crippen molar-refractivity contribution in [2.75, 3.05) is 0 Å². The van der Waals surface area contributed by atoms with E-state index in [4.69, 9.17) is 28.4 Å². The summed E-state index contributed by atoms with van der Waals surface area (Å²) >= 11 is 0. The molecule has 9 heteroatoms. The molecule has 0 radical (unpaired) electrons. The zero-order chi connectivity index (χ0) is 28.6. The Morgan fingerprint density at radius 2 is 0.973 bits per heavy atom. The number of rotatable bonds is 11. The summed E-state index contributed by atoms with van der Waals surface area (Å²) in [5.41, 5.74) is -1.70. The van der Waals surface area contributed by atoms with Gasteiger partial charge in [0.05, 0.1) is 0 Å². The lowest BCUT2D eigenvalue weighted by molar-refractivity contribution is -0.00194. The molecule has 0 aliphatic carbocycles. The van der Waals surface area contributed by atoms with E-state index in [1.54, 1.807) is 53.7 Å². The fourth-order valence-electron chi connectivity index (χ4n) is 2.59. The molecule has 0 N–H and O–H groups in total. The first kappa shape index (κ1) is 32.1. The lowest BCUT2D eigenvalue weighted by Gasteiger charge is -2.25. The second kappa shape index (κ2) is 13.0. The highest BCUT2D eigenvalue weighted by molar-refractivity contribution is 5.74. The molecule has 1 aromatic carbocycles. The van der Waals surface area contributed by atoms with Gasteiger partial charge in [-0.2, -0.15) is 0 Å². The van der Waals surface area contributed by atoms with E-state index in [0.29, 0.717) is 24.8 Å². The molecule has 0 saturated heterocycles. The number of carbonyl (C=O) groups excluding carboxylic acids is 3. The van der Waals surface area contributed by atoms with Crippen molar-refractivity contribution in [1.29, 1.82) is 0 Å². The fraction of sp³-hybridized carbons (Fsp3) is 0.679. The Balaban J connectivity index is 3.58. The number of hydrogen-bond donors (Lipinski definition) is 0. The maximum absolute atomic E-state index is 12.7. The molecular formula is C28H44O9. The van der Waals surface area contributed by atoms with Crippen molar-refractivity contribution in [2.24, 2.45) is 0 Å². The molecule has 210 valence electrons. The van der Waals surface area contributed by atoms with Crippen LogP contribution in [0.1, 0.15) is 113 Å². The second-order valence-electron chi connectivity index (χ2n) is 10.9. The van der Waals surface area contributed by atoms with Crippen LogP contribution in [0.15, 0.2) is 12.1 Å². The topological polar surface area (TPSA) is 107 Å². The van der Waals surface area contributed by atoms with Crippen molar-refractivity contribution in [3.8, 4) is 17.2 Å². The van der Waals surface area contributed by atoms with Gasteiger partial charge in [0, 0.05) is 0 Å². The summed E-state index contributed by atoms with van der Waals surface area (Å²) in [6.07, 6.45) is -0.691. The van der Waals surface area contributed by atoms with Gasteiger partial charge in [0.15, 0.2) is 11.5 Å². The molecule has 0 heterocycles. The van der Waals surface area contributed by atoms with Gasteiger partial charge in [-0.15, -0.1) is 0 Å². The first-order valence-corrected chi connectivity index (χ1v) is 12.9. The minimum Gasteiger partial charge on any atom is -0.428 e. The first-order valence-electron chi connectivity index (χ1n) is 12.9. The summed E-state index contributed by atoms with van der Waals surface area (Å²) in [6, 6.07) is 3.10. The Labute approximate surface area is 221 Å². The molecule has 0 fully saturated rings. The van der Waals surface area contributed by atoms with Gasteiger partial charge >= 0.3 is 18.5 Å². The van der Waals surface area contributed by atoms with E-state index in [9.17, 15) is 14.4 Å².